The highest BCUT2D eigenvalue weighted by atomic mass is 16.5. The third kappa shape index (κ3) is 4.97. The Bertz CT molecular complexity index is 197. The summed E-state index contributed by atoms with van der Waals surface area (Å²) in [4.78, 5) is 0. The number of hydrogen-bond donors (Lipinski definition) is 1. The molecule has 1 N–H and O–H groups in total. The van der Waals surface area contributed by atoms with Gasteiger partial charge in [-0.2, -0.15) is 0 Å². The molecule has 0 aromatic carbocycles. The summed E-state index contributed by atoms with van der Waals surface area (Å²) in [6, 6.07) is 0.765. The zero-order valence-electron chi connectivity index (χ0n) is 11.4. The summed E-state index contributed by atoms with van der Waals surface area (Å²) in [5.41, 5.74) is 0. The first-order valence-corrected chi connectivity index (χ1v) is 7.69. The van der Waals surface area contributed by atoms with Crippen molar-refractivity contribution in [2.45, 2.75) is 76.9 Å². The molecule has 1 atom stereocenters. The molecule has 2 heteroatoms. The predicted molar refractivity (Wildman–Crippen MR) is 72.2 cm³/mol. The van der Waals surface area contributed by atoms with E-state index < -0.39 is 0 Å². The topological polar surface area (TPSA) is 21.3 Å². The van der Waals surface area contributed by atoms with Crippen LogP contribution in [0.1, 0.15) is 64.7 Å². The molecule has 0 heterocycles. The maximum absolute atomic E-state index is 5.88. The van der Waals surface area contributed by atoms with Crippen LogP contribution in [-0.4, -0.2) is 25.3 Å². The van der Waals surface area contributed by atoms with Gasteiger partial charge >= 0.3 is 0 Å². The molecule has 2 fully saturated rings. The van der Waals surface area contributed by atoms with E-state index in [1.165, 1.54) is 57.8 Å². The van der Waals surface area contributed by atoms with Crippen LogP contribution in [0.5, 0.6) is 0 Å². The molecule has 2 aliphatic carbocycles. The second-order valence-electron chi connectivity index (χ2n) is 6.01. The minimum Gasteiger partial charge on any atom is -0.377 e. The van der Waals surface area contributed by atoms with Crippen LogP contribution in [0.2, 0.25) is 0 Å². The lowest BCUT2D eigenvalue weighted by Gasteiger charge is -2.27. The molecule has 1 unspecified atom stereocenters. The van der Waals surface area contributed by atoms with Gasteiger partial charge in [-0.3, -0.25) is 0 Å². The summed E-state index contributed by atoms with van der Waals surface area (Å²) in [5, 5.41) is 3.66. The monoisotopic (exact) mass is 239 g/mol. The molecular weight excluding hydrogens is 210 g/mol. The maximum Gasteiger partial charge on any atom is 0.0671 e. The standard InChI is InChI=1S/C15H29NO/c1-13(17-11-10-14-6-5-7-14)12-16-15-8-3-2-4-9-15/h13-16H,2-12H2,1H3. The van der Waals surface area contributed by atoms with Gasteiger partial charge in [-0.25, -0.2) is 0 Å². The molecule has 17 heavy (non-hydrogen) atoms. The smallest absolute Gasteiger partial charge is 0.0671 e. The lowest BCUT2D eigenvalue weighted by molar-refractivity contribution is 0.0468. The second-order valence-corrected chi connectivity index (χ2v) is 6.01. The normalized spacial score (nSPS) is 24.5. The number of ether oxygens (including phenoxy) is 1. The van der Waals surface area contributed by atoms with Crippen molar-refractivity contribution in [3.05, 3.63) is 0 Å². The SMILES string of the molecule is CC(CNC1CCCCC1)OCCC1CCC1. The summed E-state index contributed by atoms with van der Waals surface area (Å²) in [6.45, 7) is 4.21. The highest BCUT2D eigenvalue weighted by molar-refractivity contribution is 4.73. The van der Waals surface area contributed by atoms with Gasteiger partial charge in [0.2, 0.25) is 0 Å². The fraction of sp³-hybridized carbons (Fsp3) is 1.00. The minimum absolute atomic E-state index is 0.386. The van der Waals surface area contributed by atoms with Crippen molar-refractivity contribution in [3.8, 4) is 0 Å². The van der Waals surface area contributed by atoms with Gasteiger partial charge < -0.3 is 10.1 Å². The Kier molecular flexibility index (Phi) is 5.79. The van der Waals surface area contributed by atoms with E-state index in [9.17, 15) is 0 Å². The molecule has 2 saturated carbocycles. The average molecular weight is 239 g/mol. The summed E-state index contributed by atoms with van der Waals surface area (Å²) >= 11 is 0. The van der Waals surface area contributed by atoms with Crippen LogP contribution in [-0.2, 0) is 4.74 Å². The molecule has 0 aliphatic heterocycles. The third-order valence-corrected chi connectivity index (χ3v) is 4.45. The lowest BCUT2D eigenvalue weighted by Crippen LogP contribution is -2.37. The summed E-state index contributed by atoms with van der Waals surface area (Å²) in [5.74, 6) is 0.980. The highest BCUT2D eigenvalue weighted by Gasteiger charge is 2.17. The number of rotatable bonds is 7. The lowest BCUT2D eigenvalue weighted by atomic mass is 9.83. The predicted octanol–water partition coefficient (Wildman–Crippen LogP) is 3.50. The Morgan fingerprint density at radius 2 is 1.82 bits per heavy atom. The first-order valence-electron chi connectivity index (χ1n) is 7.69. The molecule has 0 spiro atoms. The van der Waals surface area contributed by atoms with Crippen LogP contribution >= 0.6 is 0 Å². The molecule has 100 valence electrons. The Morgan fingerprint density at radius 3 is 2.47 bits per heavy atom. The van der Waals surface area contributed by atoms with Gasteiger partial charge in [0.25, 0.3) is 0 Å². The van der Waals surface area contributed by atoms with Gasteiger partial charge in [0, 0.05) is 19.2 Å². The van der Waals surface area contributed by atoms with Gasteiger partial charge in [0.1, 0.15) is 0 Å². The van der Waals surface area contributed by atoms with E-state index >= 15 is 0 Å². The largest absolute Gasteiger partial charge is 0.377 e. The van der Waals surface area contributed by atoms with Gasteiger partial charge in [0.15, 0.2) is 0 Å². The first kappa shape index (κ1) is 13.4. The maximum atomic E-state index is 5.88. The fourth-order valence-corrected chi connectivity index (χ4v) is 2.92. The van der Waals surface area contributed by atoms with E-state index in [1.54, 1.807) is 0 Å². The molecule has 2 aliphatic rings. The molecule has 0 amide bonds. The second kappa shape index (κ2) is 7.38. The van der Waals surface area contributed by atoms with Crippen LogP contribution in [0, 0.1) is 5.92 Å². The van der Waals surface area contributed by atoms with Crippen LogP contribution in [0.4, 0.5) is 0 Å². The van der Waals surface area contributed by atoms with Crippen molar-refractivity contribution in [1.29, 1.82) is 0 Å². The highest BCUT2D eigenvalue weighted by Crippen LogP contribution is 2.29. The fourth-order valence-electron chi connectivity index (χ4n) is 2.92. The molecule has 2 rings (SSSR count). The number of nitrogens with one attached hydrogen (secondary N) is 1. The van der Waals surface area contributed by atoms with E-state index in [4.69, 9.17) is 4.74 Å². The van der Waals surface area contributed by atoms with E-state index in [-0.39, 0.29) is 0 Å². The Morgan fingerprint density at radius 1 is 1.06 bits per heavy atom. The zero-order valence-corrected chi connectivity index (χ0v) is 11.4. The average Bonchev–Trinajstić information content (AvgIpc) is 2.31. The van der Waals surface area contributed by atoms with E-state index in [2.05, 4.69) is 12.2 Å². The van der Waals surface area contributed by atoms with Gasteiger partial charge in [-0.1, -0.05) is 38.5 Å². The van der Waals surface area contributed by atoms with Crippen molar-refractivity contribution in [2.24, 2.45) is 5.92 Å². The van der Waals surface area contributed by atoms with Crippen molar-refractivity contribution >= 4 is 0 Å². The first-order chi connectivity index (χ1) is 8.34. The van der Waals surface area contributed by atoms with Crippen molar-refractivity contribution < 1.29 is 4.74 Å². The Balaban J connectivity index is 1.46. The van der Waals surface area contributed by atoms with Crippen molar-refractivity contribution in [3.63, 3.8) is 0 Å². The number of hydrogen-bond acceptors (Lipinski definition) is 2. The van der Waals surface area contributed by atoms with Crippen LogP contribution < -0.4 is 5.32 Å². The van der Waals surface area contributed by atoms with Crippen LogP contribution in [0.15, 0.2) is 0 Å². The molecule has 0 radical (unpaired) electrons. The van der Waals surface area contributed by atoms with Crippen molar-refractivity contribution in [2.75, 3.05) is 13.2 Å². The van der Waals surface area contributed by atoms with Crippen LogP contribution in [0.3, 0.4) is 0 Å². The van der Waals surface area contributed by atoms with E-state index in [0.29, 0.717) is 6.10 Å². The van der Waals surface area contributed by atoms with Crippen LogP contribution in [0.25, 0.3) is 0 Å². The minimum atomic E-state index is 0.386. The summed E-state index contributed by atoms with van der Waals surface area (Å²) in [6.07, 6.45) is 13.0. The molecule has 0 saturated heterocycles. The van der Waals surface area contributed by atoms with E-state index in [0.717, 1.165) is 25.1 Å². The zero-order chi connectivity index (χ0) is 11.9. The molecule has 0 aromatic heterocycles. The molecular formula is C15H29NO. The molecule has 2 nitrogen and oxygen atoms in total. The Labute approximate surface area is 107 Å². The van der Waals surface area contributed by atoms with E-state index in [1.807, 2.05) is 0 Å². The van der Waals surface area contributed by atoms with Gasteiger partial charge in [0.05, 0.1) is 6.10 Å². The Hall–Kier alpha value is -0.0800. The third-order valence-electron chi connectivity index (χ3n) is 4.45. The quantitative estimate of drug-likeness (QED) is 0.734. The summed E-state index contributed by atoms with van der Waals surface area (Å²) < 4.78 is 5.88. The molecule has 0 bridgehead atoms. The van der Waals surface area contributed by atoms with Gasteiger partial charge in [-0.15, -0.1) is 0 Å². The van der Waals surface area contributed by atoms with Gasteiger partial charge in [-0.05, 0) is 32.1 Å². The molecule has 0 aromatic rings. The summed E-state index contributed by atoms with van der Waals surface area (Å²) in [7, 11) is 0. The van der Waals surface area contributed by atoms with Crippen molar-refractivity contribution in [1.82, 2.24) is 5.32 Å².